The number of pyridine rings is 1. The number of benzene rings is 1. The van der Waals surface area contributed by atoms with Gasteiger partial charge < -0.3 is 15.1 Å². The van der Waals surface area contributed by atoms with E-state index in [0.717, 1.165) is 41.3 Å². The molecule has 3 aromatic rings. The predicted octanol–water partition coefficient (Wildman–Crippen LogP) is 2.75. The summed E-state index contributed by atoms with van der Waals surface area (Å²) in [5.41, 5.74) is 1.83. The van der Waals surface area contributed by atoms with Crippen LogP contribution in [0.3, 0.4) is 0 Å². The van der Waals surface area contributed by atoms with Crippen LogP contribution in [0.25, 0.3) is 10.9 Å². The van der Waals surface area contributed by atoms with Crippen molar-refractivity contribution in [2.24, 2.45) is 0 Å². The summed E-state index contributed by atoms with van der Waals surface area (Å²) in [6, 6.07) is 12.0. The van der Waals surface area contributed by atoms with Gasteiger partial charge in [0.25, 0.3) is 0 Å². The monoisotopic (exact) mass is 362 g/mol. The van der Waals surface area contributed by atoms with Crippen molar-refractivity contribution in [3.63, 3.8) is 0 Å². The van der Waals surface area contributed by atoms with Crippen molar-refractivity contribution in [1.82, 2.24) is 19.9 Å². The van der Waals surface area contributed by atoms with Gasteiger partial charge in [-0.15, -0.1) is 0 Å². The van der Waals surface area contributed by atoms with Crippen LogP contribution in [0.5, 0.6) is 0 Å². The lowest BCUT2D eigenvalue weighted by atomic mass is 10.2. The number of amides is 1. The number of para-hydroxylation sites is 1. The Kier molecular flexibility index (Phi) is 4.58. The topological polar surface area (TPSA) is 74.2 Å². The first-order valence-electron chi connectivity index (χ1n) is 9.07. The van der Waals surface area contributed by atoms with Crippen molar-refractivity contribution in [2.75, 3.05) is 36.4 Å². The third kappa shape index (κ3) is 3.67. The minimum Gasteiger partial charge on any atom is -0.353 e. The average molecular weight is 362 g/mol. The zero-order chi connectivity index (χ0) is 18.8. The lowest BCUT2D eigenvalue weighted by Crippen LogP contribution is -2.48. The van der Waals surface area contributed by atoms with Crippen molar-refractivity contribution in [2.45, 2.75) is 13.8 Å². The van der Waals surface area contributed by atoms with E-state index in [9.17, 15) is 4.79 Å². The highest BCUT2D eigenvalue weighted by Gasteiger charge is 2.20. The van der Waals surface area contributed by atoms with Gasteiger partial charge in [-0.1, -0.05) is 18.2 Å². The third-order valence-corrected chi connectivity index (χ3v) is 4.77. The number of fused-ring (bicyclic) bond motifs is 1. The Morgan fingerprint density at radius 3 is 2.63 bits per heavy atom. The van der Waals surface area contributed by atoms with Gasteiger partial charge in [-0.3, -0.25) is 9.78 Å². The fourth-order valence-electron chi connectivity index (χ4n) is 3.37. The number of aromatic nitrogens is 3. The fourth-order valence-corrected chi connectivity index (χ4v) is 3.37. The van der Waals surface area contributed by atoms with E-state index in [0.29, 0.717) is 18.9 Å². The quantitative estimate of drug-likeness (QED) is 0.772. The van der Waals surface area contributed by atoms with Crippen LogP contribution in [-0.4, -0.2) is 51.9 Å². The second-order valence-electron chi connectivity index (χ2n) is 6.66. The molecule has 4 rings (SSSR count). The standard InChI is InChI=1S/C20H22N6O/c1-14-22-18(24-17-7-3-5-16-6-4-8-21-20(16)17)13-19(23-14)26-11-9-25(10-12-26)15(2)27/h3-8,13H,9-12H2,1-2H3,(H,22,23,24). The minimum absolute atomic E-state index is 0.124. The molecule has 0 radical (unpaired) electrons. The lowest BCUT2D eigenvalue weighted by molar-refractivity contribution is -0.129. The number of piperazine rings is 1. The summed E-state index contributed by atoms with van der Waals surface area (Å²) in [5, 5.41) is 4.47. The van der Waals surface area contributed by atoms with E-state index in [1.54, 1.807) is 13.1 Å². The second-order valence-corrected chi connectivity index (χ2v) is 6.66. The smallest absolute Gasteiger partial charge is 0.219 e. The normalized spacial score (nSPS) is 14.4. The maximum atomic E-state index is 11.5. The van der Waals surface area contributed by atoms with E-state index in [-0.39, 0.29) is 5.91 Å². The highest BCUT2D eigenvalue weighted by Crippen LogP contribution is 2.25. The molecular weight excluding hydrogens is 340 g/mol. The molecule has 1 saturated heterocycles. The highest BCUT2D eigenvalue weighted by molar-refractivity contribution is 5.91. The molecule has 1 aliphatic rings. The maximum absolute atomic E-state index is 11.5. The molecule has 27 heavy (non-hydrogen) atoms. The molecule has 1 aromatic carbocycles. The Bertz CT molecular complexity index is 976. The van der Waals surface area contributed by atoms with Crippen LogP contribution < -0.4 is 10.2 Å². The summed E-state index contributed by atoms with van der Waals surface area (Å²) < 4.78 is 0. The molecule has 1 N–H and O–H groups in total. The van der Waals surface area contributed by atoms with Crippen LogP contribution in [0, 0.1) is 6.92 Å². The van der Waals surface area contributed by atoms with Crippen molar-refractivity contribution < 1.29 is 4.79 Å². The number of nitrogens with zero attached hydrogens (tertiary/aromatic N) is 5. The van der Waals surface area contributed by atoms with Crippen LogP contribution >= 0.6 is 0 Å². The van der Waals surface area contributed by atoms with Crippen LogP contribution in [0.1, 0.15) is 12.7 Å². The van der Waals surface area contributed by atoms with Gasteiger partial charge in [0.1, 0.15) is 17.5 Å². The summed E-state index contributed by atoms with van der Waals surface area (Å²) in [6.07, 6.45) is 1.79. The number of hydrogen-bond acceptors (Lipinski definition) is 6. The largest absolute Gasteiger partial charge is 0.353 e. The Hall–Kier alpha value is -3.22. The highest BCUT2D eigenvalue weighted by atomic mass is 16.2. The molecule has 7 heteroatoms. The molecule has 0 aliphatic carbocycles. The Labute approximate surface area is 158 Å². The molecule has 0 spiro atoms. The molecule has 2 aromatic heterocycles. The zero-order valence-corrected chi connectivity index (χ0v) is 15.5. The Morgan fingerprint density at radius 1 is 1.07 bits per heavy atom. The van der Waals surface area contributed by atoms with Crippen molar-refractivity contribution in [1.29, 1.82) is 0 Å². The van der Waals surface area contributed by atoms with Gasteiger partial charge in [0, 0.05) is 50.8 Å². The number of rotatable bonds is 3. The van der Waals surface area contributed by atoms with E-state index < -0.39 is 0 Å². The van der Waals surface area contributed by atoms with Gasteiger partial charge in [-0.2, -0.15) is 0 Å². The number of carbonyl (C=O) groups excluding carboxylic acids is 1. The van der Waals surface area contributed by atoms with Gasteiger partial charge in [-0.05, 0) is 19.1 Å². The molecule has 0 saturated carbocycles. The average Bonchev–Trinajstić information content (AvgIpc) is 2.68. The van der Waals surface area contributed by atoms with E-state index in [2.05, 4.69) is 25.2 Å². The van der Waals surface area contributed by atoms with Crippen LogP contribution in [-0.2, 0) is 4.79 Å². The van der Waals surface area contributed by atoms with Crippen LogP contribution in [0.2, 0.25) is 0 Å². The zero-order valence-electron chi connectivity index (χ0n) is 15.5. The molecule has 0 unspecified atom stereocenters. The summed E-state index contributed by atoms with van der Waals surface area (Å²) in [4.78, 5) is 29.2. The lowest BCUT2D eigenvalue weighted by Gasteiger charge is -2.35. The van der Waals surface area contributed by atoms with Gasteiger partial charge >= 0.3 is 0 Å². The summed E-state index contributed by atoms with van der Waals surface area (Å²) >= 11 is 0. The van der Waals surface area contributed by atoms with Crippen LogP contribution in [0.4, 0.5) is 17.3 Å². The first kappa shape index (κ1) is 17.2. The van der Waals surface area contributed by atoms with Crippen LogP contribution in [0.15, 0.2) is 42.6 Å². The van der Waals surface area contributed by atoms with E-state index in [4.69, 9.17) is 0 Å². The summed E-state index contributed by atoms with van der Waals surface area (Å²) in [7, 11) is 0. The molecule has 0 bridgehead atoms. The maximum Gasteiger partial charge on any atom is 0.219 e. The fraction of sp³-hybridized carbons (Fsp3) is 0.300. The minimum atomic E-state index is 0.124. The van der Waals surface area contributed by atoms with Gasteiger partial charge in [0.05, 0.1) is 11.2 Å². The second kappa shape index (κ2) is 7.19. The van der Waals surface area contributed by atoms with E-state index in [1.165, 1.54) is 0 Å². The Morgan fingerprint density at radius 2 is 1.85 bits per heavy atom. The number of anilines is 3. The van der Waals surface area contributed by atoms with Crippen molar-refractivity contribution in [3.8, 4) is 0 Å². The Balaban J connectivity index is 1.59. The molecule has 1 aliphatic heterocycles. The molecule has 138 valence electrons. The molecule has 1 amide bonds. The number of nitrogens with one attached hydrogen (secondary N) is 1. The van der Waals surface area contributed by atoms with Gasteiger partial charge in [-0.25, -0.2) is 9.97 Å². The molecule has 3 heterocycles. The summed E-state index contributed by atoms with van der Waals surface area (Å²) in [6.45, 7) is 6.48. The number of carbonyl (C=O) groups is 1. The van der Waals surface area contributed by atoms with E-state index >= 15 is 0 Å². The molecule has 1 fully saturated rings. The van der Waals surface area contributed by atoms with E-state index in [1.807, 2.05) is 48.2 Å². The van der Waals surface area contributed by atoms with Gasteiger partial charge in [0.2, 0.25) is 5.91 Å². The first-order chi connectivity index (χ1) is 13.1. The van der Waals surface area contributed by atoms with Gasteiger partial charge in [0.15, 0.2) is 0 Å². The first-order valence-corrected chi connectivity index (χ1v) is 9.07. The predicted molar refractivity (Wildman–Crippen MR) is 106 cm³/mol. The third-order valence-electron chi connectivity index (χ3n) is 4.77. The summed E-state index contributed by atoms with van der Waals surface area (Å²) in [5.74, 6) is 2.45. The van der Waals surface area contributed by atoms with Crippen molar-refractivity contribution >= 4 is 34.1 Å². The SMILES string of the molecule is CC(=O)N1CCN(c2cc(Nc3cccc4cccnc34)nc(C)n2)CC1. The molecule has 0 atom stereocenters. The number of hydrogen-bond donors (Lipinski definition) is 1. The van der Waals surface area contributed by atoms with Crippen molar-refractivity contribution in [3.05, 3.63) is 48.4 Å². The molecule has 7 nitrogen and oxygen atoms in total. The molecular formula is C20H22N6O. The number of aryl methyl sites for hydroxylation is 1.